The van der Waals surface area contributed by atoms with Gasteiger partial charge in [0.05, 0.1) is 12.8 Å². The largest absolute Gasteiger partial charge is 0.495 e. The molecule has 1 heterocycles. The molecule has 0 aliphatic carbocycles. The first-order chi connectivity index (χ1) is 9.69. The van der Waals surface area contributed by atoms with E-state index in [2.05, 4.69) is 28.1 Å². The third kappa shape index (κ3) is 4.21. The van der Waals surface area contributed by atoms with Crippen molar-refractivity contribution in [2.45, 2.75) is 13.3 Å². The van der Waals surface area contributed by atoms with E-state index in [4.69, 9.17) is 17.0 Å². The summed E-state index contributed by atoms with van der Waals surface area (Å²) >= 11 is 7.07. The molecular formula is C15H18N2OS2. The van der Waals surface area contributed by atoms with Gasteiger partial charge in [-0.15, -0.1) is 11.3 Å². The van der Waals surface area contributed by atoms with Crippen LogP contribution in [0.1, 0.15) is 10.4 Å². The van der Waals surface area contributed by atoms with Crippen LogP contribution in [-0.2, 0) is 6.42 Å². The van der Waals surface area contributed by atoms with Gasteiger partial charge in [0.25, 0.3) is 0 Å². The molecule has 5 heteroatoms. The molecule has 20 heavy (non-hydrogen) atoms. The molecule has 0 fully saturated rings. The molecule has 0 bridgehead atoms. The van der Waals surface area contributed by atoms with Crippen LogP contribution in [0.5, 0.6) is 5.75 Å². The van der Waals surface area contributed by atoms with Gasteiger partial charge in [-0.05, 0) is 54.7 Å². The molecule has 0 radical (unpaired) electrons. The number of aryl methyl sites for hydroxylation is 1. The molecule has 2 rings (SSSR count). The van der Waals surface area contributed by atoms with Crippen molar-refractivity contribution in [1.82, 2.24) is 5.32 Å². The summed E-state index contributed by atoms with van der Waals surface area (Å²) in [5.74, 6) is 0.790. The number of rotatable bonds is 5. The second-order valence-electron chi connectivity index (χ2n) is 4.41. The highest BCUT2D eigenvalue weighted by molar-refractivity contribution is 7.80. The Balaban J connectivity index is 1.86. The van der Waals surface area contributed by atoms with Gasteiger partial charge >= 0.3 is 0 Å². The molecule has 2 aromatic rings. The van der Waals surface area contributed by atoms with Crippen molar-refractivity contribution in [3.05, 3.63) is 46.2 Å². The standard InChI is InChI=1S/C15H18N2OS2/c1-11-5-6-14(18-2)13(10-11)17-15(19)16-8-7-12-4-3-9-20-12/h3-6,9-10H,7-8H2,1-2H3,(H2,16,17,19). The van der Waals surface area contributed by atoms with Crippen LogP contribution in [-0.4, -0.2) is 18.8 Å². The maximum Gasteiger partial charge on any atom is 0.170 e. The zero-order valence-corrected chi connectivity index (χ0v) is 13.2. The van der Waals surface area contributed by atoms with Crippen molar-refractivity contribution in [3.63, 3.8) is 0 Å². The van der Waals surface area contributed by atoms with Crippen LogP contribution in [0.3, 0.4) is 0 Å². The van der Waals surface area contributed by atoms with Crippen LogP contribution in [0.4, 0.5) is 5.69 Å². The number of thiocarbonyl (C=S) groups is 1. The molecule has 0 saturated carbocycles. The van der Waals surface area contributed by atoms with Gasteiger partial charge in [-0.3, -0.25) is 0 Å². The number of anilines is 1. The molecule has 1 aromatic carbocycles. The smallest absolute Gasteiger partial charge is 0.170 e. The molecule has 0 atom stereocenters. The fourth-order valence-electron chi connectivity index (χ4n) is 1.84. The van der Waals surface area contributed by atoms with Gasteiger partial charge in [-0.2, -0.15) is 0 Å². The summed E-state index contributed by atoms with van der Waals surface area (Å²) in [6.07, 6.45) is 0.977. The molecule has 1 aromatic heterocycles. The van der Waals surface area contributed by atoms with Crippen molar-refractivity contribution in [2.24, 2.45) is 0 Å². The molecule has 0 unspecified atom stereocenters. The molecule has 2 N–H and O–H groups in total. The average molecular weight is 306 g/mol. The van der Waals surface area contributed by atoms with Crippen LogP contribution in [0.15, 0.2) is 35.7 Å². The van der Waals surface area contributed by atoms with Crippen molar-refractivity contribution in [2.75, 3.05) is 19.0 Å². The predicted octanol–water partition coefficient (Wildman–Crippen LogP) is 3.59. The lowest BCUT2D eigenvalue weighted by molar-refractivity contribution is 0.417. The topological polar surface area (TPSA) is 33.3 Å². The first-order valence-electron chi connectivity index (χ1n) is 6.41. The van der Waals surface area contributed by atoms with E-state index in [1.165, 1.54) is 4.88 Å². The molecule has 0 spiro atoms. The number of ether oxygens (including phenoxy) is 1. The molecule has 0 amide bonds. The highest BCUT2D eigenvalue weighted by Crippen LogP contribution is 2.24. The molecular weight excluding hydrogens is 288 g/mol. The van der Waals surface area contributed by atoms with Gasteiger partial charge in [0.1, 0.15) is 5.75 Å². The van der Waals surface area contributed by atoms with Crippen molar-refractivity contribution in [1.29, 1.82) is 0 Å². The van der Waals surface area contributed by atoms with Gasteiger partial charge < -0.3 is 15.4 Å². The fraction of sp³-hybridized carbons (Fsp3) is 0.267. The van der Waals surface area contributed by atoms with Crippen molar-refractivity contribution < 1.29 is 4.74 Å². The quantitative estimate of drug-likeness (QED) is 0.827. The van der Waals surface area contributed by atoms with E-state index in [1.54, 1.807) is 18.4 Å². The van der Waals surface area contributed by atoms with E-state index in [9.17, 15) is 0 Å². The van der Waals surface area contributed by atoms with E-state index in [0.717, 1.165) is 30.0 Å². The molecule has 0 aliphatic rings. The molecule has 0 saturated heterocycles. The second-order valence-corrected chi connectivity index (χ2v) is 5.85. The van der Waals surface area contributed by atoms with Crippen LogP contribution in [0, 0.1) is 6.92 Å². The van der Waals surface area contributed by atoms with Crippen LogP contribution >= 0.6 is 23.6 Å². The Morgan fingerprint density at radius 2 is 2.20 bits per heavy atom. The molecule has 0 aliphatic heterocycles. The SMILES string of the molecule is COc1ccc(C)cc1NC(=S)NCCc1cccs1. The summed E-state index contributed by atoms with van der Waals surface area (Å²) in [4.78, 5) is 1.36. The summed E-state index contributed by atoms with van der Waals surface area (Å²) < 4.78 is 5.32. The number of benzene rings is 1. The number of nitrogens with one attached hydrogen (secondary N) is 2. The summed E-state index contributed by atoms with van der Waals surface area (Å²) in [6, 6.07) is 10.2. The van der Waals surface area contributed by atoms with Crippen molar-refractivity contribution in [3.8, 4) is 5.75 Å². The minimum Gasteiger partial charge on any atom is -0.495 e. The first kappa shape index (κ1) is 14.8. The lowest BCUT2D eigenvalue weighted by Gasteiger charge is -2.13. The van der Waals surface area contributed by atoms with Gasteiger partial charge in [-0.1, -0.05) is 12.1 Å². The van der Waals surface area contributed by atoms with Crippen LogP contribution in [0.25, 0.3) is 0 Å². The minimum atomic E-state index is 0.616. The highest BCUT2D eigenvalue weighted by atomic mass is 32.1. The third-order valence-electron chi connectivity index (χ3n) is 2.84. The van der Waals surface area contributed by atoms with Crippen LogP contribution in [0.2, 0.25) is 0 Å². The Morgan fingerprint density at radius 1 is 1.35 bits per heavy atom. The van der Waals surface area contributed by atoms with Gasteiger partial charge in [0.15, 0.2) is 5.11 Å². The van der Waals surface area contributed by atoms with Crippen molar-refractivity contribution >= 4 is 34.4 Å². The average Bonchev–Trinajstić information content (AvgIpc) is 2.92. The molecule has 106 valence electrons. The monoisotopic (exact) mass is 306 g/mol. The van der Waals surface area contributed by atoms with Crippen LogP contribution < -0.4 is 15.4 Å². The predicted molar refractivity (Wildman–Crippen MR) is 90.0 cm³/mol. The number of hydrogen-bond acceptors (Lipinski definition) is 3. The summed E-state index contributed by atoms with van der Waals surface area (Å²) in [5, 5.41) is 9.10. The van der Waals surface area contributed by atoms with Gasteiger partial charge in [0.2, 0.25) is 0 Å². The maximum absolute atomic E-state index is 5.32. The Hall–Kier alpha value is -1.59. The summed E-state index contributed by atoms with van der Waals surface area (Å²) in [5.41, 5.74) is 2.05. The van der Waals surface area contributed by atoms with E-state index >= 15 is 0 Å². The fourth-order valence-corrected chi connectivity index (χ4v) is 2.76. The first-order valence-corrected chi connectivity index (χ1v) is 7.69. The highest BCUT2D eigenvalue weighted by Gasteiger charge is 2.05. The normalized spacial score (nSPS) is 10.1. The van der Waals surface area contributed by atoms with E-state index in [0.29, 0.717) is 5.11 Å². The Morgan fingerprint density at radius 3 is 2.90 bits per heavy atom. The summed E-state index contributed by atoms with van der Waals surface area (Å²) in [7, 11) is 1.66. The Bertz CT molecular complexity index is 567. The maximum atomic E-state index is 5.32. The van der Waals surface area contributed by atoms with E-state index in [1.807, 2.05) is 25.1 Å². The Labute approximate surface area is 129 Å². The number of methoxy groups -OCH3 is 1. The lowest BCUT2D eigenvalue weighted by atomic mass is 10.2. The number of hydrogen-bond donors (Lipinski definition) is 2. The second kappa shape index (κ2) is 7.26. The van der Waals surface area contributed by atoms with Gasteiger partial charge in [0, 0.05) is 11.4 Å². The lowest BCUT2D eigenvalue weighted by Crippen LogP contribution is -2.30. The van der Waals surface area contributed by atoms with Gasteiger partial charge in [-0.25, -0.2) is 0 Å². The Kier molecular flexibility index (Phi) is 5.38. The zero-order valence-electron chi connectivity index (χ0n) is 11.6. The summed E-state index contributed by atoms with van der Waals surface area (Å²) in [6.45, 7) is 2.86. The molecule has 3 nitrogen and oxygen atoms in total. The zero-order chi connectivity index (χ0) is 14.4. The van der Waals surface area contributed by atoms with E-state index in [-0.39, 0.29) is 0 Å². The third-order valence-corrected chi connectivity index (χ3v) is 4.02. The van der Waals surface area contributed by atoms with E-state index < -0.39 is 0 Å². The minimum absolute atomic E-state index is 0.616. The number of thiophene rings is 1.